The first-order valence-corrected chi connectivity index (χ1v) is 13.6. The highest BCUT2D eigenvalue weighted by molar-refractivity contribution is 7.99. The Hall–Kier alpha value is -1.43. The Bertz CT molecular complexity index is 991. The van der Waals surface area contributed by atoms with Crippen molar-refractivity contribution in [1.82, 2.24) is 15.0 Å². The lowest BCUT2D eigenvalue weighted by Gasteiger charge is -2.42. The molecule has 2 aliphatic rings. The largest absolute Gasteiger partial charge is 0.381 e. The van der Waals surface area contributed by atoms with Crippen LogP contribution in [0.1, 0.15) is 39.5 Å². The van der Waals surface area contributed by atoms with Crippen molar-refractivity contribution >= 4 is 50.6 Å². The molecule has 1 aliphatic carbocycles. The van der Waals surface area contributed by atoms with Crippen LogP contribution in [-0.2, 0) is 4.74 Å². The monoisotopic (exact) mass is 508 g/mol. The SMILES string of the molecule is CC(C)C(O)O[C@@H]1C[C@@H](N)C2(CCN(c3cnc(Sc4ccnc([SiH3])c4Cl)c(N)n3)CC2)C1. The summed E-state index contributed by atoms with van der Waals surface area (Å²) in [7, 11) is 0.779. The quantitative estimate of drug-likeness (QED) is 0.391. The number of ether oxygens (including phenoxy) is 1. The summed E-state index contributed by atoms with van der Waals surface area (Å²) in [6, 6.07) is 1.95. The number of aromatic nitrogens is 3. The van der Waals surface area contributed by atoms with Crippen molar-refractivity contribution in [2.24, 2.45) is 17.1 Å². The van der Waals surface area contributed by atoms with E-state index in [1.54, 1.807) is 12.4 Å². The minimum atomic E-state index is -0.736. The summed E-state index contributed by atoms with van der Waals surface area (Å²) >= 11 is 7.81. The summed E-state index contributed by atoms with van der Waals surface area (Å²) in [6.07, 6.45) is 6.42. The van der Waals surface area contributed by atoms with Gasteiger partial charge in [-0.1, -0.05) is 37.2 Å². The van der Waals surface area contributed by atoms with Gasteiger partial charge in [0.15, 0.2) is 12.1 Å². The zero-order valence-corrected chi connectivity index (χ0v) is 22.9. The van der Waals surface area contributed by atoms with Gasteiger partial charge in [0.2, 0.25) is 0 Å². The number of hydrogen-bond donors (Lipinski definition) is 3. The molecule has 2 fully saturated rings. The van der Waals surface area contributed by atoms with Crippen molar-refractivity contribution in [3.8, 4) is 0 Å². The van der Waals surface area contributed by atoms with E-state index in [9.17, 15) is 5.11 Å². The van der Waals surface area contributed by atoms with E-state index in [1.807, 2.05) is 19.9 Å². The fourth-order valence-corrected chi connectivity index (χ4v) is 6.41. The molecular weight excluding hydrogens is 476 g/mol. The minimum Gasteiger partial charge on any atom is -0.381 e. The number of pyridine rings is 1. The molecule has 3 atom stereocenters. The summed E-state index contributed by atoms with van der Waals surface area (Å²) in [5, 5.41) is 12.3. The lowest BCUT2D eigenvalue weighted by Crippen LogP contribution is -2.47. The standard InChI is InChI=1S/C22H33ClN6O2SSi/c1-12(2)21(30)31-13-9-15(24)22(10-13)4-7-29(8-5-22)16-11-27-19(18(25)28-16)32-14-3-6-26-20(33)17(14)23/h3,6,11-13,15,21,30H,4-5,7-10,24H2,1-2,33H3,(H2,25,28)/t13-,15-,21?/m1/s1. The topological polar surface area (TPSA) is 123 Å². The summed E-state index contributed by atoms with van der Waals surface area (Å²) < 4.78 is 5.89. The number of nitrogens with two attached hydrogens (primary N) is 2. The van der Waals surface area contributed by atoms with Gasteiger partial charge in [-0.3, -0.25) is 4.98 Å². The first-order chi connectivity index (χ1) is 15.7. The van der Waals surface area contributed by atoms with Crippen molar-refractivity contribution in [2.75, 3.05) is 23.7 Å². The highest BCUT2D eigenvalue weighted by Crippen LogP contribution is 2.47. The van der Waals surface area contributed by atoms with Crippen LogP contribution < -0.4 is 21.7 Å². The maximum absolute atomic E-state index is 10.1. The van der Waals surface area contributed by atoms with Gasteiger partial charge in [-0.05, 0) is 37.2 Å². The first-order valence-electron chi connectivity index (χ1n) is 11.4. The van der Waals surface area contributed by atoms with E-state index >= 15 is 0 Å². The number of nitrogens with zero attached hydrogens (tertiary/aromatic N) is 4. The highest BCUT2D eigenvalue weighted by atomic mass is 35.5. The molecule has 1 aliphatic heterocycles. The Morgan fingerprint density at radius 1 is 1.33 bits per heavy atom. The van der Waals surface area contributed by atoms with Crippen LogP contribution in [0.3, 0.4) is 0 Å². The number of aliphatic hydroxyl groups excluding tert-OH is 1. The smallest absolute Gasteiger partial charge is 0.158 e. The number of aliphatic hydroxyl groups is 1. The predicted octanol–water partition coefficient (Wildman–Crippen LogP) is 1.32. The van der Waals surface area contributed by atoms with E-state index < -0.39 is 6.29 Å². The fourth-order valence-electron chi connectivity index (χ4n) is 4.76. The Labute approximate surface area is 207 Å². The Morgan fingerprint density at radius 2 is 2.06 bits per heavy atom. The van der Waals surface area contributed by atoms with Gasteiger partial charge in [0.25, 0.3) is 0 Å². The van der Waals surface area contributed by atoms with Gasteiger partial charge < -0.3 is 26.2 Å². The average Bonchev–Trinajstić information content (AvgIpc) is 3.07. The van der Waals surface area contributed by atoms with Gasteiger partial charge >= 0.3 is 0 Å². The van der Waals surface area contributed by atoms with E-state index in [4.69, 9.17) is 27.8 Å². The summed E-state index contributed by atoms with van der Waals surface area (Å²) in [5.74, 6) is 1.25. The lowest BCUT2D eigenvalue weighted by molar-refractivity contribution is -0.159. The van der Waals surface area contributed by atoms with E-state index in [-0.39, 0.29) is 23.5 Å². The van der Waals surface area contributed by atoms with Gasteiger partial charge in [-0.25, -0.2) is 9.97 Å². The molecule has 8 nitrogen and oxygen atoms in total. The molecule has 11 heteroatoms. The van der Waals surface area contributed by atoms with Crippen LogP contribution in [0.25, 0.3) is 0 Å². The molecule has 180 valence electrons. The second-order valence-corrected chi connectivity index (χ2v) is 11.9. The molecule has 33 heavy (non-hydrogen) atoms. The van der Waals surface area contributed by atoms with Crippen molar-refractivity contribution in [1.29, 1.82) is 0 Å². The first kappa shape index (κ1) is 24.7. The molecule has 1 saturated carbocycles. The molecule has 1 spiro atoms. The van der Waals surface area contributed by atoms with Gasteiger partial charge in [-0.2, -0.15) is 0 Å². The Kier molecular flexibility index (Phi) is 7.52. The molecule has 0 bridgehead atoms. The minimum absolute atomic E-state index is 0.0157. The molecule has 2 aromatic heterocycles. The maximum atomic E-state index is 10.1. The van der Waals surface area contributed by atoms with Crippen LogP contribution in [0.4, 0.5) is 11.6 Å². The fraction of sp³-hybridized carbons (Fsp3) is 0.591. The second-order valence-electron chi connectivity index (χ2n) is 9.52. The average molecular weight is 509 g/mol. The third-order valence-electron chi connectivity index (χ3n) is 6.91. The number of halogens is 1. The number of rotatable bonds is 6. The van der Waals surface area contributed by atoms with Crippen LogP contribution in [0.15, 0.2) is 28.4 Å². The van der Waals surface area contributed by atoms with Crippen molar-refractivity contribution in [3.05, 3.63) is 23.5 Å². The summed E-state index contributed by atoms with van der Waals surface area (Å²) in [6.45, 7) is 5.60. The molecule has 0 radical (unpaired) electrons. The molecule has 5 N–H and O–H groups in total. The number of nitrogen functional groups attached to an aromatic ring is 1. The van der Waals surface area contributed by atoms with Gasteiger partial charge in [0.05, 0.1) is 27.6 Å². The summed E-state index contributed by atoms with van der Waals surface area (Å²) in [4.78, 5) is 16.6. The number of anilines is 2. The van der Waals surface area contributed by atoms with E-state index in [2.05, 4.69) is 19.9 Å². The van der Waals surface area contributed by atoms with E-state index in [0.717, 1.165) is 65.0 Å². The normalized spacial score (nSPS) is 23.5. The molecule has 3 heterocycles. The zero-order chi connectivity index (χ0) is 23.8. The van der Waals surface area contributed by atoms with Crippen LogP contribution in [0.5, 0.6) is 0 Å². The Balaban J connectivity index is 1.39. The van der Waals surface area contributed by atoms with Crippen LogP contribution in [0, 0.1) is 11.3 Å². The lowest BCUT2D eigenvalue weighted by atomic mass is 9.74. The molecule has 4 rings (SSSR count). The second kappa shape index (κ2) is 10.0. The zero-order valence-electron chi connectivity index (χ0n) is 19.4. The number of piperidine rings is 1. The number of hydrogen-bond acceptors (Lipinski definition) is 9. The molecule has 0 amide bonds. The molecule has 1 saturated heterocycles. The maximum Gasteiger partial charge on any atom is 0.158 e. The van der Waals surface area contributed by atoms with Gasteiger partial charge in [0.1, 0.15) is 10.8 Å². The molecular formula is C22H33ClN6O2SSi. The van der Waals surface area contributed by atoms with Crippen molar-refractivity contribution in [2.45, 2.75) is 67.9 Å². The van der Waals surface area contributed by atoms with Gasteiger partial charge in [-0.15, -0.1) is 0 Å². The van der Waals surface area contributed by atoms with E-state index in [1.165, 1.54) is 11.8 Å². The van der Waals surface area contributed by atoms with Crippen LogP contribution in [0.2, 0.25) is 5.02 Å². The predicted molar refractivity (Wildman–Crippen MR) is 136 cm³/mol. The van der Waals surface area contributed by atoms with Crippen LogP contribution >= 0.6 is 23.4 Å². The summed E-state index contributed by atoms with van der Waals surface area (Å²) in [5.41, 5.74) is 12.9. The molecule has 1 unspecified atom stereocenters. The van der Waals surface area contributed by atoms with Gasteiger partial charge in [0, 0.05) is 41.5 Å². The van der Waals surface area contributed by atoms with Crippen molar-refractivity contribution in [3.63, 3.8) is 0 Å². The third kappa shape index (κ3) is 5.31. The Morgan fingerprint density at radius 3 is 2.73 bits per heavy atom. The highest BCUT2D eigenvalue weighted by Gasteiger charge is 2.48. The third-order valence-corrected chi connectivity index (χ3v) is 9.64. The van der Waals surface area contributed by atoms with E-state index in [0.29, 0.717) is 15.9 Å². The molecule has 0 aromatic carbocycles. The van der Waals surface area contributed by atoms with Crippen molar-refractivity contribution < 1.29 is 9.84 Å². The molecule has 2 aromatic rings. The van der Waals surface area contributed by atoms with Crippen LogP contribution in [-0.4, -0.2) is 61.8 Å².